The van der Waals surface area contributed by atoms with Crippen molar-refractivity contribution in [1.82, 2.24) is 0 Å². The molecule has 0 atom stereocenters. The Balaban J connectivity index is 0.000000531. The summed E-state index contributed by atoms with van der Waals surface area (Å²) in [6, 6.07) is 27.0. The maximum atomic E-state index is 13.9. The lowest BCUT2D eigenvalue weighted by atomic mass is 9.69. The predicted molar refractivity (Wildman–Crippen MR) is 464 cm³/mol. The van der Waals surface area contributed by atoms with E-state index >= 15 is 0 Å². The summed E-state index contributed by atoms with van der Waals surface area (Å²) >= 11 is 5.87. The van der Waals surface area contributed by atoms with Crippen molar-refractivity contribution in [3.63, 3.8) is 0 Å². The van der Waals surface area contributed by atoms with E-state index in [1.54, 1.807) is 12.1 Å². The van der Waals surface area contributed by atoms with Crippen LogP contribution in [0.25, 0.3) is 0 Å². The number of hydrogen-bond donors (Lipinski definition) is 0. The molecule has 7 aromatic carbocycles. The molecule has 7 aromatic rings. The van der Waals surface area contributed by atoms with Gasteiger partial charge in [0.15, 0.2) is 69.8 Å². The Kier molecular flexibility index (Phi) is 36.7. The van der Waals surface area contributed by atoms with Gasteiger partial charge in [-0.2, -0.15) is 8.78 Å². The van der Waals surface area contributed by atoms with E-state index in [2.05, 4.69) is 51.5 Å². The first-order valence-corrected chi connectivity index (χ1v) is 44.9. The Morgan fingerprint density at radius 3 is 0.911 bits per heavy atom. The van der Waals surface area contributed by atoms with E-state index in [0.717, 1.165) is 154 Å². The smallest absolute Gasteiger partial charge is 0.400 e. The van der Waals surface area contributed by atoms with Crippen LogP contribution in [0.15, 0.2) is 121 Å². The summed E-state index contributed by atoms with van der Waals surface area (Å²) in [5, 5.41) is 0.845. The molecule has 8 aliphatic rings. The molecule has 7 nitrogen and oxygen atoms in total. The molecule has 8 fully saturated rings. The van der Waals surface area contributed by atoms with E-state index in [9.17, 15) is 80.2 Å². The van der Waals surface area contributed by atoms with Gasteiger partial charge >= 0.3 is 24.0 Å². The van der Waals surface area contributed by atoms with Crippen LogP contribution in [0.4, 0.5) is 65.9 Å². The molecular weight excluding hydrogens is 1630 g/mol. The van der Waals surface area contributed by atoms with Gasteiger partial charge in [-0.15, -0.1) is 0 Å². The summed E-state index contributed by atoms with van der Waals surface area (Å²) in [5.74, 6) is -11.7. The molecule has 688 valence electrons. The van der Waals surface area contributed by atoms with Crippen molar-refractivity contribution in [2.24, 2.45) is 76.9 Å². The van der Waals surface area contributed by atoms with Gasteiger partial charge in [0, 0.05) is 52.8 Å². The molecule has 0 heterocycles. The number of rotatable bonds is 14. The third kappa shape index (κ3) is 29.3. The van der Waals surface area contributed by atoms with E-state index < -0.39 is 99.5 Å². The zero-order valence-corrected chi connectivity index (χ0v) is 72.1. The minimum Gasteiger partial charge on any atom is -0.432 e. The van der Waals surface area contributed by atoms with Crippen molar-refractivity contribution in [3.8, 4) is 23.0 Å². The number of hydrogen-bond acceptors (Lipinski definition) is 7. The average Bonchev–Trinajstić information content (AvgIpc) is 0.804. The van der Waals surface area contributed by atoms with Crippen molar-refractivity contribution in [2.45, 2.75) is 271 Å². The largest absolute Gasteiger partial charge is 0.432 e. The number of carbonyl (C=O) groups is 3. The Morgan fingerprint density at radius 2 is 0.569 bits per heavy atom. The van der Waals surface area contributed by atoms with Crippen LogP contribution in [0.3, 0.4) is 0 Å². The van der Waals surface area contributed by atoms with Gasteiger partial charge in [0.2, 0.25) is 0 Å². The molecule has 123 heavy (non-hydrogen) atoms. The minimum absolute atomic E-state index is 0. The maximum Gasteiger partial charge on any atom is 0.400 e. The van der Waals surface area contributed by atoms with Crippen molar-refractivity contribution < 1.29 is 111 Å². The van der Waals surface area contributed by atoms with Crippen molar-refractivity contribution in [3.05, 3.63) is 224 Å². The Labute approximate surface area is 732 Å². The third-order valence-electron chi connectivity index (χ3n) is 27.2. The van der Waals surface area contributed by atoms with Crippen LogP contribution in [0.2, 0.25) is 5.02 Å². The molecular formula is C100H134ClF15O7. The monoisotopic (exact) mass is 1770 g/mol. The molecule has 8 aliphatic carbocycles. The van der Waals surface area contributed by atoms with Crippen molar-refractivity contribution in [1.29, 1.82) is 0 Å². The van der Waals surface area contributed by atoms with E-state index in [0.29, 0.717) is 97.1 Å². The summed E-state index contributed by atoms with van der Waals surface area (Å²) in [6.07, 6.45) is 30.9. The molecule has 0 amide bonds. The highest BCUT2D eigenvalue weighted by Gasteiger charge is 2.44. The van der Waals surface area contributed by atoms with Gasteiger partial charge in [0.05, 0.1) is 23.3 Å². The predicted octanol–water partition coefficient (Wildman–Crippen LogP) is 32.5. The zero-order chi connectivity index (χ0) is 88.8. The fourth-order valence-electron chi connectivity index (χ4n) is 19.1. The first kappa shape index (κ1) is 97.2. The van der Waals surface area contributed by atoms with Gasteiger partial charge in [0.25, 0.3) is 0 Å². The molecule has 0 aliphatic heterocycles. The lowest BCUT2D eigenvalue weighted by molar-refractivity contribution is -0.223. The molecule has 0 bridgehead atoms. The van der Waals surface area contributed by atoms with Crippen LogP contribution in [0.1, 0.15) is 303 Å². The van der Waals surface area contributed by atoms with Gasteiger partial charge in [-0.25, -0.2) is 61.9 Å². The van der Waals surface area contributed by atoms with Crippen LogP contribution in [0.5, 0.6) is 23.0 Å². The number of halogens is 16. The van der Waals surface area contributed by atoms with Crippen molar-refractivity contribution in [2.75, 3.05) is 0 Å². The first-order valence-electron chi connectivity index (χ1n) is 44.5. The molecule has 23 heteroatoms. The zero-order valence-electron chi connectivity index (χ0n) is 71.3. The molecule has 0 aromatic heterocycles. The second-order valence-corrected chi connectivity index (χ2v) is 37.0. The van der Waals surface area contributed by atoms with Gasteiger partial charge in [-0.3, -0.25) is 9.59 Å². The van der Waals surface area contributed by atoms with Gasteiger partial charge in [0.1, 0.15) is 28.8 Å². The topological polar surface area (TPSA) is 88.1 Å². The average molecular weight is 1770 g/mol. The maximum absolute atomic E-state index is 13.9. The van der Waals surface area contributed by atoms with Gasteiger partial charge in [-0.1, -0.05) is 154 Å². The van der Waals surface area contributed by atoms with E-state index in [-0.39, 0.29) is 58.0 Å². The number of benzene rings is 7. The quantitative estimate of drug-likeness (QED) is 0.0464. The highest BCUT2D eigenvalue weighted by atomic mass is 35.5. The van der Waals surface area contributed by atoms with Crippen LogP contribution in [-0.4, -0.2) is 24.0 Å². The van der Waals surface area contributed by atoms with Crippen LogP contribution < -0.4 is 18.9 Å². The minimum atomic E-state index is -3.52. The molecule has 8 saturated carbocycles. The molecule has 15 rings (SSSR count). The lowest BCUT2D eigenvalue weighted by Crippen LogP contribution is -2.37. The number of carbonyl (C=O) groups excluding carboxylic acids is 3. The van der Waals surface area contributed by atoms with Crippen molar-refractivity contribution >= 4 is 29.5 Å². The summed E-state index contributed by atoms with van der Waals surface area (Å²) in [6.45, 7) is 13.5. The van der Waals surface area contributed by atoms with Crippen LogP contribution >= 0.6 is 11.6 Å². The highest BCUT2D eigenvalue weighted by Crippen LogP contribution is 2.46. The van der Waals surface area contributed by atoms with E-state index in [1.807, 2.05) is 31.2 Å². The standard InChI is InChI=1S/C20H25F3O2.C20H19F3O2.C20H27FO2.C14H15F5O.C13H17Cl.C13H15F3.8H2/c2*1-12-2-4-13(5-3-12)14-6-8-15(9-7-14)20(24)25-16-10-17(21)19(23)18(22)11-16;1-14-2-4-15(5-3-14)16-6-8-17(9-7-16)20(22)23-19-12-10-18(21)11-13-19;1-8-2-4-9(5-3-8)14(18,19)20-10-6-11(15)13(17)12(16)7-10;1-10-2-4-11(5-3-10)12-6-8-13(14)9-7-12;1-8-2-4-9(5-3-8)10-6-11(14)13(16)12(15)7-10;;;;;;;;/h10-15H,2-9H2,1H3;6-13H,2-5H2,1H3;10-17H,2-9H2,1H3;6-9H,2-5H2,1H3;6-11H,2-5H2,1H3;6-9H,2-5H2,1H3;8*1H. The number of esters is 3. The summed E-state index contributed by atoms with van der Waals surface area (Å²) < 4.78 is 217. The third-order valence-corrected chi connectivity index (χ3v) is 27.5. The molecule has 0 N–H and O–H groups in total. The van der Waals surface area contributed by atoms with E-state index in [4.69, 9.17) is 25.8 Å². The second-order valence-electron chi connectivity index (χ2n) is 36.5. The van der Waals surface area contributed by atoms with Gasteiger partial charge in [-0.05, 0) is 283 Å². The second kappa shape index (κ2) is 46.5. The SMILES string of the molecule is CC1CCC(C(F)(F)Oc2cc(F)c(F)c(F)c2)CC1.CC1CCC(C2CCC(C(=O)Oc3cc(F)c(F)c(F)c3)CC2)CC1.CC1CCC(C2CCC(C(=O)Oc3ccc(F)cc3)CC2)CC1.CC1CCC(c2cc(F)c(F)c(F)c2)CC1.CC1CCC(c2ccc(C(=O)Oc3cc(F)c(F)c(F)c3)cc2)CC1.CC1CCC(c2ccc(Cl)cc2)CC1.[HH].[HH].[HH].[HH].[HH].[HH].[HH].[HH]. The molecule has 0 saturated heterocycles. The number of ether oxygens (including phenoxy) is 4. The normalized spacial score (nSPS) is 26.5. The van der Waals surface area contributed by atoms with Crippen LogP contribution in [-0.2, 0) is 9.59 Å². The van der Waals surface area contributed by atoms with Crippen LogP contribution in [0, 0.1) is 153 Å². The Morgan fingerprint density at radius 1 is 0.301 bits per heavy atom. The molecule has 0 unspecified atom stereocenters. The highest BCUT2D eigenvalue weighted by molar-refractivity contribution is 6.30. The number of alkyl halides is 2. The summed E-state index contributed by atoms with van der Waals surface area (Å²) in [7, 11) is 0. The molecule has 0 radical (unpaired) electrons. The molecule has 0 spiro atoms. The Hall–Kier alpha value is -8.01. The van der Waals surface area contributed by atoms with E-state index in [1.165, 1.54) is 125 Å². The first-order chi connectivity index (χ1) is 58.6. The fourth-order valence-corrected chi connectivity index (χ4v) is 19.2. The Bertz CT molecular complexity index is 4440. The summed E-state index contributed by atoms with van der Waals surface area (Å²) in [4.78, 5) is 36.6. The lowest BCUT2D eigenvalue weighted by Gasteiger charge is -2.36. The van der Waals surface area contributed by atoms with Gasteiger partial charge < -0.3 is 18.9 Å². The summed E-state index contributed by atoms with van der Waals surface area (Å²) in [5.41, 5.74) is 3.53. The fraction of sp³-hybridized carbons (Fsp3) is 0.550.